The summed E-state index contributed by atoms with van der Waals surface area (Å²) in [6.07, 6.45) is 0. The van der Waals surface area contributed by atoms with Crippen LogP contribution >= 0.6 is 0 Å². The van der Waals surface area contributed by atoms with Crippen LogP contribution in [0.25, 0.3) is 0 Å². The van der Waals surface area contributed by atoms with Gasteiger partial charge in [0.1, 0.15) is 5.75 Å². The lowest BCUT2D eigenvalue weighted by Gasteiger charge is -2.38. The molecule has 0 aromatic heterocycles. The summed E-state index contributed by atoms with van der Waals surface area (Å²) in [7, 11) is 0. The standard InChI is InChI=1S/C19H33N5O/c1-5-20-18(21-10-11-22-19(2,3)4)24-14-12-23(13-15-24)16-8-6-7-9-17(16)25/h6-9,22,25H,5,10-15H2,1-4H3,(H,20,21). The van der Waals surface area contributed by atoms with E-state index in [-0.39, 0.29) is 5.54 Å². The number of guanidine groups is 1. The zero-order chi connectivity index (χ0) is 18.3. The third-order valence-electron chi connectivity index (χ3n) is 4.17. The van der Waals surface area contributed by atoms with Crippen LogP contribution in [0.1, 0.15) is 27.7 Å². The van der Waals surface area contributed by atoms with Crippen LogP contribution < -0.4 is 15.5 Å². The second-order valence-corrected chi connectivity index (χ2v) is 7.38. The molecule has 1 aromatic carbocycles. The maximum absolute atomic E-state index is 10.0. The predicted molar refractivity (Wildman–Crippen MR) is 106 cm³/mol. The number of piperazine rings is 1. The van der Waals surface area contributed by atoms with E-state index in [1.54, 1.807) is 6.07 Å². The number of anilines is 1. The van der Waals surface area contributed by atoms with E-state index in [1.807, 2.05) is 18.2 Å². The van der Waals surface area contributed by atoms with Crippen molar-refractivity contribution in [2.45, 2.75) is 33.2 Å². The van der Waals surface area contributed by atoms with Crippen molar-refractivity contribution in [3.63, 3.8) is 0 Å². The molecular weight excluding hydrogens is 314 g/mol. The van der Waals surface area contributed by atoms with E-state index in [1.165, 1.54) is 0 Å². The van der Waals surface area contributed by atoms with Crippen molar-refractivity contribution in [2.75, 3.05) is 50.7 Å². The van der Waals surface area contributed by atoms with Gasteiger partial charge in [-0.3, -0.25) is 4.99 Å². The molecule has 6 heteroatoms. The van der Waals surface area contributed by atoms with Crippen molar-refractivity contribution < 1.29 is 5.11 Å². The Morgan fingerprint density at radius 3 is 2.44 bits per heavy atom. The van der Waals surface area contributed by atoms with E-state index in [0.29, 0.717) is 5.75 Å². The summed E-state index contributed by atoms with van der Waals surface area (Å²) in [5.74, 6) is 1.33. The molecule has 3 N–H and O–H groups in total. The minimum atomic E-state index is 0.122. The average Bonchev–Trinajstić information content (AvgIpc) is 2.57. The molecule has 6 nitrogen and oxygen atoms in total. The Kier molecular flexibility index (Phi) is 6.93. The Bertz CT molecular complexity index is 559. The summed E-state index contributed by atoms with van der Waals surface area (Å²) in [5, 5.41) is 16.9. The van der Waals surface area contributed by atoms with Crippen LogP contribution in [0.2, 0.25) is 0 Å². The van der Waals surface area contributed by atoms with Gasteiger partial charge in [-0.05, 0) is 39.8 Å². The van der Waals surface area contributed by atoms with Crippen molar-refractivity contribution in [1.82, 2.24) is 15.5 Å². The summed E-state index contributed by atoms with van der Waals surface area (Å²) in [5.41, 5.74) is 1.04. The fraction of sp³-hybridized carbons (Fsp3) is 0.632. The lowest BCUT2D eigenvalue weighted by atomic mass is 10.1. The third kappa shape index (κ3) is 6.12. The number of nitrogens with zero attached hydrogens (tertiary/aromatic N) is 3. The highest BCUT2D eigenvalue weighted by Crippen LogP contribution is 2.27. The molecule has 1 aliphatic heterocycles. The average molecular weight is 348 g/mol. The molecule has 1 aromatic rings. The summed E-state index contributed by atoms with van der Waals surface area (Å²) in [6.45, 7) is 14.6. The van der Waals surface area contributed by atoms with Crippen molar-refractivity contribution in [1.29, 1.82) is 0 Å². The molecule has 0 amide bonds. The summed E-state index contributed by atoms with van der Waals surface area (Å²) >= 11 is 0. The summed E-state index contributed by atoms with van der Waals surface area (Å²) in [4.78, 5) is 9.29. The molecular formula is C19H33N5O. The molecule has 0 unspecified atom stereocenters. The van der Waals surface area contributed by atoms with Crippen molar-refractivity contribution >= 4 is 11.6 Å². The van der Waals surface area contributed by atoms with E-state index >= 15 is 0 Å². The number of hydrogen-bond donors (Lipinski definition) is 3. The Morgan fingerprint density at radius 2 is 1.84 bits per heavy atom. The van der Waals surface area contributed by atoms with Crippen LogP contribution in [0.4, 0.5) is 5.69 Å². The fourth-order valence-electron chi connectivity index (χ4n) is 2.91. The zero-order valence-electron chi connectivity index (χ0n) is 16.0. The second kappa shape index (κ2) is 8.94. The molecule has 1 saturated heterocycles. The predicted octanol–water partition coefficient (Wildman–Crippen LogP) is 1.87. The van der Waals surface area contributed by atoms with Gasteiger partial charge in [-0.15, -0.1) is 0 Å². The van der Waals surface area contributed by atoms with E-state index in [4.69, 9.17) is 4.99 Å². The highest BCUT2D eigenvalue weighted by molar-refractivity contribution is 5.80. The highest BCUT2D eigenvalue weighted by atomic mass is 16.3. The number of benzene rings is 1. The first-order valence-electron chi connectivity index (χ1n) is 9.22. The molecule has 1 fully saturated rings. The van der Waals surface area contributed by atoms with E-state index in [2.05, 4.69) is 48.1 Å². The van der Waals surface area contributed by atoms with Gasteiger partial charge < -0.3 is 25.5 Å². The zero-order valence-corrected chi connectivity index (χ0v) is 16.0. The number of phenolic OH excluding ortho intramolecular Hbond substituents is 1. The van der Waals surface area contributed by atoms with Crippen LogP contribution in [0.15, 0.2) is 29.3 Å². The first-order valence-corrected chi connectivity index (χ1v) is 9.22. The first-order chi connectivity index (χ1) is 11.9. The van der Waals surface area contributed by atoms with E-state index in [9.17, 15) is 5.11 Å². The molecule has 0 atom stereocenters. The van der Waals surface area contributed by atoms with E-state index in [0.717, 1.165) is 57.5 Å². The van der Waals surface area contributed by atoms with Crippen LogP contribution in [0.3, 0.4) is 0 Å². The van der Waals surface area contributed by atoms with Crippen LogP contribution in [0, 0.1) is 0 Å². The van der Waals surface area contributed by atoms with Gasteiger partial charge in [-0.25, -0.2) is 0 Å². The molecule has 0 radical (unpaired) electrons. The molecule has 1 aliphatic rings. The molecule has 2 rings (SSSR count). The number of aromatic hydroxyl groups is 1. The SMILES string of the molecule is CCNC(=NCCNC(C)(C)C)N1CCN(c2ccccc2O)CC1. The largest absolute Gasteiger partial charge is 0.506 e. The molecule has 0 bridgehead atoms. The van der Waals surface area contributed by atoms with Gasteiger partial charge in [-0.2, -0.15) is 0 Å². The maximum Gasteiger partial charge on any atom is 0.194 e. The number of para-hydroxylation sites is 2. The van der Waals surface area contributed by atoms with Crippen LogP contribution in [-0.2, 0) is 0 Å². The number of aliphatic imine (C=N–C) groups is 1. The molecule has 0 spiro atoms. The monoisotopic (exact) mass is 347 g/mol. The smallest absolute Gasteiger partial charge is 0.194 e. The lowest BCUT2D eigenvalue weighted by Crippen LogP contribution is -2.52. The molecule has 0 aliphatic carbocycles. The maximum atomic E-state index is 10.0. The van der Waals surface area contributed by atoms with Gasteiger partial charge in [0.05, 0.1) is 12.2 Å². The summed E-state index contributed by atoms with van der Waals surface area (Å²) < 4.78 is 0. The van der Waals surface area contributed by atoms with Crippen LogP contribution in [-0.4, -0.2) is 67.3 Å². The van der Waals surface area contributed by atoms with Crippen LogP contribution in [0.5, 0.6) is 5.75 Å². The molecule has 25 heavy (non-hydrogen) atoms. The highest BCUT2D eigenvalue weighted by Gasteiger charge is 2.21. The third-order valence-corrected chi connectivity index (χ3v) is 4.17. The second-order valence-electron chi connectivity index (χ2n) is 7.38. The van der Waals surface area contributed by atoms with E-state index < -0.39 is 0 Å². The number of nitrogens with one attached hydrogen (secondary N) is 2. The number of rotatable bonds is 5. The number of phenols is 1. The Hall–Kier alpha value is -1.95. The van der Waals surface area contributed by atoms with Gasteiger partial charge in [0.15, 0.2) is 5.96 Å². The Morgan fingerprint density at radius 1 is 1.16 bits per heavy atom. The normalized spacial score (nSPS) is 16.2. The summed E-state index contributed by atoms with van der Waals surface area (Å²) in [6, 6.07) is 7.55. The fourth-order valence-corrected chi connectivity index (χ4v) is 2.91. The molecule has 1 heterocycles. The first kappa shape index (κ1) is 19.4. The van der Waals surface area contributed by atoms with Gasteiger partial charge in [0.2, 0.25) is 0 Å². The Labute approximate surface area is 151 Å². The lowest BCUT2D eigenvalue weighted by molar-refractivity contribution is 0.369. The van der Waals surface area contributed by atoms with Crippen molar-refractivity contribution in [3.05, 3.63) is 24.3 Å². The number of hydrogen-bond acceptors (Lipinski definition) is 4. The van der Waals surface area contributed by atoms with Crippen molar-refractivity contribution in [2.24, 2.45) is 4.99 Å². The topological polar surface area (TPSA) is 63.1 Å². The van der Waals surface area contributed by atoms with Crippen molar-refractivity contribution in [3.8, 4) is 5.75 Å². The Balaban J connectivity index is 1.90. The van der Waals surface area contributed by atoms with Gasteiger partial charge in [-0.1, -0.05) is 12.1 Å². The minimum Gasteiger partial charge on any atom is -0.506 e. The van der Waals surface area contributed by atoms with Gasteiger partial charge >= 0.3 is 0 Å². The van der Waals surface area contributed by atoms with Gasteiger partial charge in [0, 0.05) is 44.8 Å². The quantitative estimate of drug-likeness (QED) is 0.431. The molecule has 140 valence electrons. The molecule has 0 saturated carbocycles. The van der Waals surface area contributed by atoms with Gasteiger partial charge in [0.25, 0.3) is 0 Å². The minimum absolute atomic E-state index is 0.122.